The van der Waals surface area contributed by atoms with Gasteiger partial charge in [0.25, 0.3) is 0 Å². The quantitative estimate of drug-likeness (QED) is 0.734. The van der Waals surface area contributed by atoms with Crippen molar-refractivity contribution in [3.05, 3.63) is 69.8 Å². The Bertz CT molecular complexity index is 742. The molecule has 2 heteroatoms. The third kappa shape index (κ3) is 3.58. The van der Waals surface area contributed by atoms with Crippen molar-refractivity contribution in [2.45, 2.75) is 58.0 Å². The van der Waals surface area contributed by atoms with Crippen LogP contribution in [0.2, 0.25) is 0 Å². The molecule has 2 aromatic carbocycles. The number of benzene rings is 2. The summed E-state index contributed by atoms with van der Waals surface area (Å²) in [6.07, 6.45) is 6.20. The van der Waals surface area contributed by atoms with E-state index in [1.165, 1.54) is 56.3 Å². The lowest BCUT2D eigenvalue weighted by molar-refractivity contribution is 0.188. The van der Waals surface area contributed by atoms with Gasteiger partial charge in [0.2, 0.25) is 0 Å². The maximum Gasteiger partial charge on any atom is 0.0350 e. The first-order valence-electron chi connectivity index (χ1n) is 10.6. The first-order chi connectivity index (χ1) is 13.1. The van der Waals surface area contributed by atoms with Gasteiger partial charge in [-0.3, -0.25) is 9.80 Å². The van der Waals surface area contributed by atoms with Gasteiger partial charge < -0.3 is 0 Å². The number of aryl methyl sites for hydroxylation is 2. The van der Waals surface area contributed by atoms with E-state index < -0.39 is 0 Å². The second-order valence-electron chi connectivity index (χ2n) is 8.72. The minimum Gasteiger partial charge on any atom is -0.299 e. The van der Waals surface area contributed by atoms with E-state index in [9.17, 15) is 0 Å². The lowest BCUT2D eigenvalue weighted by atomic mass is 9.84. The van der Waals surface area contributed by atoms with E-state index in [1.54, 1.807) is 22.3 Å². The molecule has 2 aliphatic heterocycles. The molecular formula is C25H34N2. The molecule has 2 heterocycles. The van der Waals surface area contributed by atoms with Gasteiger partial charge in [-0.2, -0.15) is 0 Å². The average molecular weight is 363 g/mol. The van der Waals surface area contributed by atoms with E-state index in [4.69, 9.17) is 0 Å². The van der Waals surface area contributed by atoms with Gasteiger partial charge in [-0.05, 0) is 93.4 Å². The molecule has 0 amide bonds. The smallest absolute Gasteiger partial charge is 0.0350 e. The lowest BCUT2D eigenvalue weighted by Gasteiger charge is -2.38. The van der Waals surface area contributed by atoms with E-state index in [0.717, 1.165) is 0 Å². The molecular weight excluding hydrogens is 328 g/mol. The van der Waals surface area contributed by atoms with Gasteiger partial charge in [0.15, 0.2) is 0 Å². The van der Waals surface area contributed by atoms with Crippen LogP contribution >= 0.6 is 0 Å². The zero-order valence-electron chi connectivity index (χ0n) is 17.5. The van der Waals surface area contributed by atoms with E-state index in [1.807, 2.05) is 0 Å². The van der Waals surface area contributed by atoms with Crippen molar-refractivity contribution in [3.8, 4) is 0 Å². The van der Waals surface area contributed by atoms with E-state index >= 15 is 0 Å². The minimum atomic E-state index is 0.584. The van der Waals surface area contributed by atoms with E-state index in [0.29, 0.717) is 12.1 Å². The topological polar surface area (TPSA) is 6.48 Å². The SMILES string of the molecule is Cc1cccc2c1C(CCCC1c3c(C)cccc3CCN1C)N(C)CC2. The standard InChI is InChI=1S/C25H34N2/c1-18-8-5-10-20-14-16-26(3)22(24(18)20)12-7-13-23-25-19(2)9-6-11-21(25)15-17-27(23)4/h5-6,8-11,22-23H,7,12-17H2,1-4H3. The highest BCUT2D eigenvalue weighted by atomic mass is 15.1. The number of likely N-dealkylation sites (N-methyl/N-ethyl adjacent to an activating group) is 2. The predicted molar refractivity (Wildman–Crippen MR) is 114 cm³/mol. The van der Waals surface area contributed by atoms with E-state index in [-0.39, 0.29) is 0 Å². The van der Waals surface area contributed by atoms with Gasteiger partial charge in [-0.25, -0.2) is 0 Å². The zero-order chi connectivity index (χ0) is 19.0. The van der Waals surface area contributed by atoms with Gasteiger partial charge in [0, 0.05) is 25.2 Å². The Kier molecular flexibility index (Phi) is 5.39. The lowest BCUT2D eigenvalue weighted by Crippen LogP contribution is -2.34. The van der Waals surface area contributed by atoms with Crippen molar-refractivity contribution in [2.24, 2.45) is 0 Å². The predicted octanol–water partition coefficient (Wildman–Crippen LogP) is 5.23. The van der Waals surface area contributed by atoms with Crippen LogP contribution in [0.1, 0.15) is 64.7 Å². The molecule has 0 aromatic heterocycles. The summed E-state index contributed by atoms with van der Waals surface area (Å²) in [4.78, 5) is 5.16. The van der Waals surface area contributed by atoms with Crippen LogP contribution in [0, 0.1) is 13.8 Å². The molecule has 144 valence electrons. The van der Waals surface area contributed by atoms with Crippen molar-refractivity contribution in [1.29, 1.82) is 0 Å². The molecule has 2 nitrogen and oxygen atoms in total. The molecule has 2 atom stereocenters. The third-order valence-electron chi connectivity index (χ3n) is 6.98. The van der Waals surface area contributed by atoms with Crippen molar-refractivity contribution in [3.63, 3.8) is 0 Å². The third-order valence-corrected chi connectivity index (χ3v) is 6.98. The van der Waals surface area contributed by atoms with Crippen molar-refractivity contribution in [2.75, 3.05) is 27.2 Å². The first kappa shape index (κ1) is 18.7. The fourth-order valence-corrected chi connectivity index (χ4v) is 5.45. The van der Waals surface area contributed by atoms with Crippen LogP contribution < -0.4 is 0 Å². The molecule has 0 fully saturated rings. The molecule has 0 spiro atoms. The summed E-state index contributed by atoms with van der Waals surface area (Å²) in [6.45, 7) is 6.96. The highest BCUT2D eigenvalue weighted by Crippen LogP contribution is 2.38. The summed E-state index contributed by atoms with van der Waals surface area (Å²) >= 11 is 0. The minimum absolute atomic E-state index is 0.584. The number of rotatable bonds is 4. The van der Waals surface area contributed by atoms with Gasteiger partial charge in [-0.1, -0.05) is 36.4 Å². The average Bonchev–Trinajstić information content (AvgIpc) is 2.65. The first-order valence-corrected chi connectivity index (χ1v) is 10.6. The molecule has 2 aromatic rings. The molecule has 0 saturated carbocycles. The van der Waals surface area contributed by atoms with Crippen LogP contribution in [0.3, 0.4) is 0 Å². The molecule has 0 aliphatic carbocycles. The summed E-state index contributed by atoms with van der Waals surface area (Å²) in [5.74, 6) is 0. The van der Waals surface area contributed by atoms with Crippen LogP contribution in [0.5, 0.6) is 0 Å². The Morgan fingerprint density at radius 3 is 1.63 bits per heavy atom. The molecule has 4 rings (SSSR count). The van der Waals surface area contributed by atoms with Crippen molar-refractivity contribution < 1.29 is 0 Å². The summed E-state index contributed by atoms with van der Waals surface area (Å²) in [6, 6.07) is 14.9. The molecule has 2 unspecified atom stereocenters. The fourth-order valence-electron chi connectivity index (χ4n) is 5.45. The molecule has 0 saturated heterocycles. The molecule has 0 radical (unpaired) electrons. The van der Waals surface area contributed by atoms with Gasteiger partial charge in [0.05, 0.1) is 0 Å². The van der Waals surface area contributed by atoms with Gasteiger partial charge in [-0.15, -0.1) is 0 Å². The van der Waals surface area contributed by atoms with Gasteiger partial charge >= 0.3 is 0 Å². The van der Waals surface area contributed by atoms with Crippen LogP contribution in [0.4, 0.5) is 0 Å². The summed E-state index contributed by atoms with van der Waals surface area (Å²) in [7, 11) is 4.62. The maximum absolute atomic E-state index is 2.58. The maximum atomic E-state index is 2.58. The molecule has 0 bridgehead atoms. The number of fused-ring (bicyclic) bond motifs is 2. The Morgan fingerprint density at radius 1 is 0.741 bits per heavy atom. The molecule has 27 heavy (non-hydrogen) atoms. The van der Waals surface area contributed by atoms with Crippen LogP contribution in [-0.2, 0) is 12.8 Å². The Labute approximate surface area is 165 Å². The highest BCUT2D eigenvalue weighted by molar-refractivity contribution is 5.40. The fraction of sp³-hybridized carbons (Fsp3) is 0.520. The Hall–Kier alpha value is -1.64. The second-order valence-corrected chi connectivity index (χ2v) is 8.72. The van der Waals surface area contributed by atoms with E-state index in [2.05, 4.69) is 74.1 Å². The zero-order valence-corrected chi connectivity index (χ0v) is 17.5. The highest BCUT2D eigenvalue weighted by Gasteiger charge is 2.28. The Morgan fingerprint density at radius 2 is 1.19 bits per heavy atom. The normalized spacial score (nSPS) is 23.1. The summed E-state index contributed by atoms with van der Waals surface area (Å²) in [5, 5.41) is 0. The summed E-state index contributed by atoms with van der Waals surface area (Å²) in [5.41, 5.74) is 9.32. The number of hydrogen-bond acceptors (Lipinski definition) is 2. The van der Waals surface area contributed by atoms with Crippen LogP contribution in [0.25, 0.3) is 0 Å². The van der Waals surface area contributed by atoms with Crippen molar-refractivity contribution >= 4 is 0 Å². The van der Waals surface area contributed by atoms with Gasteiger partial charge in [0.1, 0.15) is 0 Å². The number of nitrogens with zero attached hydrogens (tertiary/aromatic N) is 2. The number of hydrogen-bond donors (Lipinski definition) is 0. The largest absolute Gasteiger partial charge is 0.299 e. The molecule has 2 aliphatic rings. The van der Waals surface area contributed by atoms with Crippen LogP contribution in [-0.4, -0.2) is 37.0 Å². The second kappa shape index (κ2) is 7.77. The van der Waals surface area contributed by atoms with Crippen molar-refractivity contribution in [1.82, 2.24) is 9.80 Å². The van der Waals surface area contributed by atoms with Crippen LogP contribution in [0.15, 0.2) is 36.4 Å². The monoisotopic (exact) mass is 362 g/mol. The molecule has 0 N–H and O–H groups in total. The Balaban J connectivity index is 1.50. The summed E-state index contributed by atoms with van der Waals surface area (Å²) < 4.78 is 0.